The third-order valence-corrected chi connectivity index (χ3v) is 4.24. The van der Waals surface area contributed by atoms with Gasteiger partial charge in [0.05, 0.1) is 5.56 Å². The molecule has 1 heterocycles. The van der Waals surface area contributed by atoms with Crippen LogP contribution in [0.2, 0.25) is 0 Å². The minimum atomic E-state index is -4.64. The molecule has 1 fully saturated rings. The third kappa shape index (κ3) is 2.97. The Labute approximate surface area is 116 Å². The zero-order valence-corrected chi connectivity index (χ0v) is 11.6. The smallest absolute Gasteiger partial charge is 0.311 e. The fourth-order valence-electron chi connectivity index (χ4n) is 2.94. The molecule has 0 aliphatic carbocycles. The Hall–Kier alpha value is -1.10. The van der Waals surface area contributed by atoms with E-state index in [4.69, 9.17) is 0 Å². The summed E-state index contributed by atoms with van der Waals surface area (Å²) in [6.45, 7) is 5.00. The Bertz CT molecular complexity index is 473. The zero-order chi connectivity index (χ0) is 15.0. The molecule has 1 unspecified atom stereocenters. The summed E-state index contributed by atoms with van der Waals surface area (Å²) >= 11 is 0. The minimum Gasteiger partial charge on any atom is -0.311 e. The lowest BCUT2D eigenvalue weighted by atomic mass is 9.79. The topological polar surface area (TPSA) is 12.0 Å². The van der Waals surface area contributed by atoms with Crippen LogP contribution >= 0.6 is 0 Å². The summed E-state index contributed by atoms with van der Waals surface area (Å²) in [5.74, 6) is -0.899. The molecule has 112 valence electrons. The zero-order valence-electron chi connectivity index (χ0n) is 11.6. The summed E-state index contributed by atoms with van der Waals surface area (Å²) in [7, 11) is 0. The number of benzene rings is 1. The molecule has 5 heteroatoms. The molecule has 1 atom stereocenters. The summed E-state index contributed by atoms with van der Waals surface area (Å²) in [5, 5.41) is 3.42. The Balaban J connectivity index is 2.30. The number of hydrogen-bond donors (Lipinski definition) is 1. The van der Waals surface area contributed by atoms with Crippen LogP contribution in [-0.4, -0.2) is 12.1 Å². The van der Waals surface area contributed by atoms with Gasteiger partial charge in [-0.1, -0.05) is 19.9 Å². The lowest BCUT2D eigenvalue weighted by molar-refractivity contribution is -0.140. The predicted octanol–water partition coefficient (Wildman–Crippen LogP) is 4.17. The van der Waals surface area contributed by atoms with Crippen LogP contribution in [0.15, 0.2) is 18.2 Å². The van der Waals surface area contributed by atoms with E-state index in [2.05, 4.69) is 19.2 Å². The number of halogens is 4. The Kier molecular flexibility index (Phi) is 4.09. The van der Waals surface area contributed by atoms with Gasteiger partial charge in [-0.3, -0.25) is 0 Å². The van der Waals surface area contributed by atoms with Crippen LogP contribution in [0.25, 0.3) is 0 Å². The summed E-state index contributed by atoms with van der Waals surface area (Å²) in [6, 6.07) is 3.31. The van der Waals surface area contributed by atoms with Crippen molar-refractivity contribution in [3.05, 3.63) is 35.1 Å². The lowest BCUT2D eigenvalue weighted by Gasteiger charge is -2.34. The van der Waals surface area contributed by atoms with Gasteiger partial charge in [-0.2, -0.15) is 13.2 Å². The molecule has 0 aromatic heterocycles. The highest BCUT2D eigenvalue weighted by molar-refractivity contribution is 5.29. The second-order valence-electron chi connectivity index (χ2n) is 5.83. The average Bonchev–Trinajstić information content (AvgIpc) is 2.80. The van der Waals surface area contributed by atoms with Crippen LogP contribution in [0.5, 0.6) is 0 Å². The monoisotopic (exact) mass is 289 g/mol. The molecule has 0 radical (unpaired) electrons. The largest absolute Gasteiger partial charge is 0.419 e. The van der Waals surface area contributed by atoms with Gasteiger partial charge in [-0.15, -0.1) is 0 Å². The first-order valence-corrected chi connectivity index (χ1v) is 6.85. The highest BCUT2D eigenvalue weighted by atomic mass is 19.4. The molecule has 2 rings (SSSR count). The maximum atomic E-state index is 13.3. The second kappa shape index (κ2) is 5.35. The fourth-order valence-corrected chi connectivity index (χ4v) is 2.94. The predicted molar refractivity (Wildman–Crippen MR) is 69.9 cm³/mol. The summed E-state index contributed by atoms with van der Waals surface area (Å²) in [6.07, 6.45) is -2.20. The van der Waals surface area contributed by atoms with Crippen LogP contribution in [0.1, 0.15) is 37.8 Å². The van der Waals surface area contributed by atoms with Gasteiger partial charge in [0.1, 0.15) is 5.82 Å². The van der Waals surface area contributed by atoms with Crippen molar-refractivity contribution in [3.8, 4) is 0 Å². The first-order valence-electron chi connectivity index (χ1n) is 6.85. The average molecular weight is 289 g/mol. The van der Waals surface area contributed by atoms with Gasteiger partial charge >= 0.3 is 6.18 Å². The SMILES string of the molecule is CC(C)C1(Cc2ccc(F)c(C(F)(F)F)c2)CCCN1. The van der Waals surface area contributed by atoms with Gasteiger partial charge in [0.25, 0.3) is 0 Å². The van der Waals surface area contributed by atoms with Crippen LogP contribution < -0.4 is 5.32 Å². The molecule has 1 saturated heterocycles. The van der Waals surface area contributed by atoms with Crippen molar-refractivity contribution < 1.29 is 17.6 Å². The van der Waals surface area contributed by atoms with Crippen LogP contribution in [0.3, 0.4) is 0 Å². The van der Waals surface area contributed by atoms with Crippen LogP contribution in [-0.2, 0) is 12.6 Å². The van der Waals surface area contributed by atoms with Gasteiger partial charge < -0.3 is 5.32 Å². The lowest BCUT2D eigenvalue weighted by Crippen LogP contribution is -2.46. The highest BCUT2D eigenvalue weighted by Gasteiger charge is 2.38. The Morgan fingerprint density at radius 2 is 2.00 bits per heavy atom. The van der Waals surface area contributed by atoms with Gasteiger partial charge in [-0.25, -0.2) is 4.39 Å². The molecule has 0 saturated carbocycles. The highest BCUT2D eigenvalue weighted by Crippen LogP contribution is 2.35. The van der Waals surface area contributed by atoms with Crippen molar-refractivity contribution >= 4 is 0 Å². The molecule has 1 aromatic rings. The van der Waals surface area contributed by atoms with Crippen molar-refractivity contribution in [1.82, 2.24) is 5.32 Å². The van der Waals surface area contributed by atoms with Crippen molar-refractivity contribution in [2.24, 2.45) is 5.92 Å². The maximum absolute atomic E-state index is 13.3. The van der Waals surface area contributed by atoms with Gasteiger partial charge in [-0.05, 0) is 49.4 Å². The van der Waals surface area contributed by atoms with Crippen LogP contribution in [0.4, 0.5) is 17.6 Å². The number of hydrogen-bond acceptors (Lipinski definition) is 1. The molecule has 1 aromatic carbocycles. The third-order valence-electron chi connectivity index (χ3n) is 4.24. The molecule has 0 spiro atoms. The van der Waals surface area contributed by atoms with E-state index in [1.807, 2.05) is 0 Å². The summed E-state index contributed by atoms with van der Waals surface area (Å²) in [4.78, 5) is 0. The molecule has 20 heavy (non-hydrogen) atoms. The molecule has 0 amide bonds. The van der Waals surface area contributed by atoms with Crippen molar-refractivity contribution in [2.45, 2.75) is 44.8 Å². The molecule has 0 bridgehead atoms. The van der Waals surface area contributed by atoms with Crippen molar-refractivity contribution in [1.29, 1.82) is 0 Å². The maximum Gasteiger partial charge on any atom is 0.419 e. The quantitative estimate of drug-likeness (QED) is 0.824. The van der Waals surface area contributed by atoms with Gasteiger partial charge in [0, 0.05) is 5.54 Å². The Morgan fingerprint density at radius 3 is 2.50 bits per heavy atom. The normalized spacial score (nSPS) is 23.6. The van der Waals surface area contributed by atoms with Crippen molar-refractivity contribution in [2.75, 3.05) is 6.54 Å². The number of nitrogens with one attached hydrogen (secondary N) is 1. The van der Waals surface area contributed by atoms with Crippen molar-refractivity contribution in [3.63, 3.8) is 0 Å². The van der Waals surface area contributed by atoms with E-state index in [1.54, 1.807) is 0 Å². The minimum absolute atomic E-state index is 0.180. The molecule has 1 aliphatic rings. The first kappa shape index (κ1) is 15.3. The van der Waals surface area contributed by atoms with Gasteiger partial charge in [0.15, 0.2) is 0 Å². The summed E-state index contributed by atoms with van der Waals surface area (Å²) < 4.78 is 51.5. The van der Waals surface area contributed by atoms with E-state index in [1.165, 1.54) is 6.07 Å². The molecular formula is C15H19F4N. The molecule has 1 nitrogen and oxygen atoms in total. The van der Waals surface area contributed by atoms with Crippen LogP contribution in [0, 0.1) is 11.7 Å². The Morgan fingerprint density at radius 1 is 1.30 bits per heavy atom. The van der Waals surface area contributed by atoms with Gasteiger partial charge in [0.2, 0.25) is 0 Å². The van der Waals surface area contributed by atoms with E-state index in [0.717, 1.165) is 31.5 Å². The van der Waals surface area contributed by atoms with E-state index in [-0.39, 0.29) is 5.54 Å². The first-order chi connectivity index (χ1) is 9.24. The summed E-state index contributed by atoms with van der Waals surface area (Å²) in [5.41, 5.74) is -0.825. The number of rotatable bonds is 3. The van der Waals surface area contributed by atoms with E-state index in [9.17, 15) is 17.6 Å². The van der Waals surface area contributed by atoms with E-state index >= 15 is 0 Å². The van der Waals surface area contributed by atoms with E-state index < -0.39 is 17.6 Å². The molecule has 1 aliphatic heterocycles. The molecule has 1 N–H and O–H groups in total. The molecular weight excluding hydrogens is 270 g/mol. The number of alkyl halides is 3. The fraction of sp³-hybridized carbons (Fsp3) is 0.600. The standard InChI is InChI=1S/C15H19F4N/c1-10(2)14(6-3-7-20-14)9-11-4-5-13(16)12(8-11)15(17,18)19/h4-5,8,10,20H,3,6-7,9H2,1-2H3. The second-order valence-corrected chi connectivity index (χ2v) is 5.83. The van der Waals surface area contributed by atoms with E-state index in [0.29, 0.717) is 17.9 Å².